The van der Waals surface area contributed by atoms with Gasteiger partial charge in [-0.15, -0.1) is 0 Å². The molecule has 0 saturated heterocycles. The highest BCUT2D eigenvalue weighted by Gasteiger charge is 2.06. The molecule has 0 amide bonds. The van der Waals surface area contributed by atoms with Crippen LogP contribution in [-0.2, 0) is 4.79 Å². The van der Waals surface area contributed by atoms with Gasteiger partial charge >= 0.3 is 5.97 Å². The van der Waals surface area contributed by atoms with Crippen molar-refractivity contribution in [1.82, 2.24) is 0 Å². The minimum absolute atomic E-state index is 0.181. The van der Waals surface area contributed by atoms with E-state index >= 15 is 0 Å². The summed E-state index contributed by atoms with van der Waals surface area (Å²) in [6.45, 7) is 3.56. The summed E-state index contributed by atoms with van der Waals surface area (Å²) in [5, 5.41) is 10.9. The molecule has 2 aromatic rings. The van der Waals surface area contributed by atoms with Gasteiger partial charge in [0.15, 0.2) is 0 Å². The van der Waals surface area contributed by atoms with E-state index in [0.717, 1.165) is 6.42 Å². The van der Waals surface area contributed by atoms with Gasteiger partial charge in [0.05, 0.1) is 5.92 Å². The predicted octanol–water partition coefficient (Wildman–Crippen LogP) is 4.44. The molecule has 0 unspecified atom stereocenters. The minimum atomic E-state index is -0.706. The van der Waals surface area contributed by atoms with Crippen molar-refractivity contribution in [2.45, 2.75) is 20.3 Å². The van der Waals surface area contributed by atoms with Gasteiger partial charge in [-0.05, 0) is 28.3 Å². The highest BCUT2D eigenvalue weighted by Crippen LogP contribution is 2.30. The van der Waals surface area contributed by atoms with Crippen molar-refractivity contribution in [1.29, 1.82) is 0 Å². The fourth-order valence-corrected chi connectivity index (χ4v) is 2.03. The van der Waals surface area contributed by atoms with Gasteiger partial charge in [0.1, 0.15) is 0 Å². The smallest absolute Gasteiger partial charge is 0.306 e. The Balaban J connectivity index is 0.000000167. The third kappa shape index (κ3) is 2.84. The van der Waals surface area contributed by atoms with Gasteiger partial charge in [-0.25, -0.2) is 0 Å². The number of carbonyl (C=O) groups is 1. The lowest BCUT2D eigenvalue weighted by molar-refractivity contribution is -0.141. The molecule has 19 heavy (non-hydrogen) atoms. The lowest BCUT2D eigenvalue weighted by Gasteiger charge is -1.99. The lowest BCUT2D eigenvalue weighted by Crippen LogP contribution is -2.06. The maximum atomic E-state index is 9.93. The van der Waals surface area contributed by atoms with Crippen LogP contribution in [0.2, 0.25) is 0 Å². The second-order valence-corrected chi connectivity index (χ2v) is 4.77. The van der Waals surface area contributed by atoms with E-state index in [-0.39, 0.29) is 5.92 Å². The highest BCUT2D eigenvalue weighted by atomic mass is 16.4. The molecule has 1 aliphatic rings. The van der Waals surface area contributed by atoms with Crippen LogP contribution in [0.15, 0.2) is 36.4 Å². The molecule has 0 saturated carbocycles. The van der Waals surface area contributed by atoms with Crippen LogP contribution in [0.3, 0.4) is 0 Å². The Morgan fingerprint density at radius 2 is 1.63 bits per heavy atom. The summed E-state index contributed by atoms with van der Waals surface area (Å²) in [5.74, 6) is -0.887. The van der Waals surface area contributed by atoms with Gasteiger partial charge in [0.2, 0.25) is 0 Å². The zero-order valence-corrected chi connectivity index (χ0v) is 11.3. The van der Waals surface area contributed by atoms with E-state index in [1.165, 1.54) is 21.9 Å². The van der Waals surface area contributed by atoms with Crippen LogP contribution < -0.4 is 0 Å². The van der Waals surface area contributed by atoms with Crippen molar-refractivity contribution >= 4 is 28.9 Å². The number of aliphatic carboxylic acids is 1. The number of carboxylic acids is 1. The van der Waals surface area contributed by atoms with E-state index in [1.807, 2.05) is 6.92 Å². The Hall–Kier alpha value is -2.09. The Morgan fingerprint density at radius 3 is 2.00 bits per heavy atom. The molecule has 1 atom stereocenters. The monoisotopic (exact) mass is 254 g/mol. The van der Waals surface area contributed by atoms with Crippen LogP contribution in [0.5, 0.6) is 0 Å². The molecule has 0 radical (unpaired) electrons. The first-order chi connectivity index (χ1) is 9.13. The van der Waals surface area contributed by atoms with Crippen molar-refractivity contribution < 1.29 is 9.90 Å². The first-order valence-corrected chi connectivity index (χ1v) is 6.56. The molecular formula is C17H18O2. The minimum Gasteiger partial charge on any atom is -0.481 e. The van der Waals surface area contributed by atoms with Crippen LogP contribution in [-0.4, -0.2) is 11.1 Å². The Kier molecular flexibility index (Phi) is 4.00. The summed E-state index contributed by atoms with van der Waals surface area (Å²) in [6, 6.07) is 12.9. The number of hydrogen-bond acceptors (Lipinski definition) is 1. The molecule has 3 rings (SSSR count). The zero-order chi connectivity index (χ0) is 13.8. The first kappa shape index (κ1) is 13.3. The van der Waals surface area contributed by atoms with E-state index in [1.54, 1.807) is 6.92 Å². The topological polar surface area (TPSA) is 37.3 Å². The zero-order valence-electron chi connectivity index (χ0n) is 11.3. The summed E-state index contributed by atoms with van der Waals surface area (Å²) in [6.07, 6.45) is 5.07. The van der Waals surface area contributed by atoms with E-state index in [4.69, 9.17) is 5.11 Å². The summed E-state index contributed by atoms with van der Waals surface area (Å²) >= 11 is 0. The standard InChI is InChI=1S/C12H8.C5H10O2/c1-3-9-4-2-6-11-8-7-10(5-1)12(9)11;1-3-4(2)5(6)7/h1-8H;4H,3H2,1-2H3,(H,6,7)/t;4-/m.0/s1. The molecule has 0 aromatic heterocycles. The molecule has 0 aliphatic heterocycles. The van der Waals surface area contributed by atoms with Gasteiger partial charge in [-0.3, -0.25) is 4.79 Å². The number of benzene rings is 2. The molecule has 98 valence electrons. The second-order valence-electron chi connectivity index (χ2n) is 4.77. The molecule has 1 aliphatic carbocycles. The van der Waals surface area contributed by atoms with Crippen LogP contribution >= 0.6 is 0 Å². The molecule has 0 spiro atoms. The van der Waals surface area contributed by atoms with E-state index < -0.39 is 5.97 Å². The molecule has 0 heterocycles. The maximum Gasteiger partial charge on any atom is 0.306 e. The van der Waals surface area contributed by atoms with E-state index in [2.05, 4.69) is 48.6 Å². The molecular weight excluding hydrogens is 236 g/mol. The number of hydrogen-bond donors (Lipinski definition) is 1. The SMILES string of the molecule is C1=Cc2cccc3cccc1c23.CC[C@H](C)C(=O)O. The van der Waals surface area contributed by atoms with Gasteiger partial charge in [0.25, 0.3) is 0 Å². The lowest BCUT2D eigenvalue weighted by atomic mass is 10.0. The molecule has 1 N–H and O–H groups in total. The van der Waals surface area contributed by atoms with Crippen LogP contribution in [0.4, 0.5) is 0 Å². The summed E-state index contributed by atoms with van der Waals surface area (Å²) in [7, 11) is 0. The molecule has 0 bridgehead atoms. The number of rotatable bonds is 2. The Labute approximate surface area is 113 Å². The molecule has 2 nitrogen and oxygen atoms in total. The van der Waals surface area contributed by atoms with Crippen molar-refractivity contribution in [3.8, 4) is 0 Å². The predicted molar refractivity (Wildman–Crippen MR) is 80.0 cm³/mol. The third-order valence-corrected chi connectivity index (χ3v) is 3.45. The first-order valence-electron chi connectivity index (χ1n) is 6.56. The van der Waals surface area contributed by atoms with Crippen LogP contribution in [0.1, 0.15) is 31.4 Å². The largest absolute Gasteiger partial charge is 0.481 e. The Bertz CT molecular complexity index is 585. The van der Waals surface area contributed by atoms with Gasteiger partial charge < -0.3 is 5.11 Å². The highest BCUT2D eigenvalue weighted by molar-refractivity contribution is 6.04. The fourth-order valence-electron chi connectivity index (χ4n) is 2.03. The van der Waals surface area contributed by atoms with E-state index in [0.29, 0.717) is 0 Å². The summed E-state index contributed by atoms with van der Waals surface area (Å²) in [5.41, 5.74) is 2.70. The van der Waals surface area contributed by atoms with E-state index in [9.17, 15) is 4.79 Å². The quantitative estimate of drug-likeness (QED) is 0.734. The molecule has 2 aromatic carbocycles. The Morgan fingerprint density at radius 1 is 1.11 bits per heavy atom. The van der Waals surface area contributed by atoms with Gasteiger partial charge in [-0.2, -0.15) is 0 Å². The molecule has 0 fully saturated rings. The van der Waals surface area contributed by atoms with Crippen LogP contribution in [0.25, 0.3) is 22.9 Å². The third-order valence-electron chi connectivity index (χ3n) is 3.45. The maximum absolute atomic E-state index is 9.93. The van der Waals surface area contributed by atoms with Gasteiger partial charge in [0, 0.05) is 0 Å². The summed E-state index contributed by atoms with van der Waals surface area (Å²) < 4.78 is 0. The average Bonchev–Trinajstić information content (AvgIpc) is 2.85. The fraction of sp³-hybridized carbons (Fsp3) is 0.235. The van der Waals surface area contributed by atoms with Crippen molar-refractivity contribution in [2.24, 2.45) is 5.92 Å². The second kappa shape index (κ2) is 5.70. The summed E-state index contributed by atoms with van der Waals surface area (Å²) in [4.78, 5) is 9.93. The van der Waals surface area contributed by atoms with Crippen LogP contribution in [0, 0.1) is 5.92 Å². The van der Waals surface area contributed by atoms with Gasteiger partial charge in [-0.1, -0.05) is 62.4 Å². The number of carboxylic acid groups (broad SMARTS) is 1. The average molecular weight is 254 g/mol. The normalized spacial score (nSPS) is 12.9. The van der Waals surface area contributed by atoms with Crippen molar-refractivity contribution in [3.63, 3.8) is 0 Å². The molecule has 2 heteroatoms. The van der Waals surface area contributed by atoms with Crippen molar-refractivity contribution in [3.05, 3.63) is 47.5 Å². The van der Waals surface area contributed by atoms with Crippen molar-refractivity contribution in [2.75, 3.05) is 0 Å².